The minimum atomic E-state index is -0.399. The monoisotopic (exact) mass is 445 g/mol. The second-order valence-corrected chi connectivity index (χ2v) is 7.85. The number of benzene rings is 2. The van der Waals surface area contributed by atoms with Crippen molar-refractivity contribution in [2.24, 2.45) is 0 Å². The van der Waals surface area contributed by atoms with Crippen LogP contribution in [0.4, 0.5) is 0 Å². The molecule has 4 rings (SSSR count). The quantitative estimate of drug-likeness (QED) is 0.490. The Hall–Kier alpha value is -3.48. The topological polar surface area (TPSA) is 67.6 Å². The number of nitro groups is 1. The number of fused-ring (bicyclic) bond motifs is 1. The van der Waals surface area contributed by atoms with Crippen LogP contribution in [0.3, 0.4) is 0 Å². The fourth-order valence-electron chi connectivity index (χ4n) is 3.82. The molecule has 1 aliphatic carbocycles. The number of nitrogens with zero attached hydrogens (tertiary/aromatic N) is 2. The molecule has 172 valence electrons. The van der Waals surface area contributed by atoms with E-state index in [1.165, 1.54) is 6.92 Å². The van der Waals surface area contributed by atoms with Gasteiger partial charge in [0.2, 0.25) is 5.70 Å². The van der Waals surface area contributed by atoms with Gasteiger partial charge in [-0.15, -0.1) is 0 Å². The minimum Gasteiger partial charge on any atom is -0.492 e. The average Bonchev–Trinajstić information content (AvgIpc) is 3.11. The first-order valence-corrected chi connectivity index (χ1v) is 11.1. The molecule has 0 amide bonds. The van der Waals surface area contributed by atoms with Crippen LogP contribution in [0.25, 0.3) is 11.1 Å². The SMILES string of the molecule is C=CC1=C(/C=C(\C)[N+](=O)[O-])C(=C)c2ccccc21.c1ccc(OCCN2CCNCC2)cc1. The van der Waals surface area contributed by atoms with Gasteiger partial charge in [0.1, 0.15) is 12.4 Å². The van der Waals surface area contributed by atoms with Crippen molar-refractivity contribution < 1.29 is 9.66 Å². The zero-order valence-electron chi connectivity index (χ0n) is 19.1. The van der Waals surface area contributed by atoms with Crippen LogP contribution in [0, 0.1) is 10.1 Å². The minimum absolute atomic E-state index is 0.0957. The van der Waals surface area contributed by atoms with Crippen molar-refractivity contribution in [3.05, 3.63) is 112 Å². The molecule has 1 saturated heterocycles. The van der Waals surface area contributed by atoms with Gasteiger partial charge >= 0.3 is 0 Å². The van der Waals surface area contributed by atoms with Crippen LogP contribution < -0.4 is 10.1 Å². The van der Waals surface area contributed by atoms with Crippen molar-refractivity contribution in [1.82, 2.24) is 10.2 Å². The van der Waals surface area contributed by atoms with E-state index in [2.05, 4.69) is 23.4 Å². The van der Waals surface area contributed by atoms with E-state index in [1.807, 2.05) is 54.6 Å². The van der Waals surface area contributed by atoms with Crippen LogP contribution in [0.5, 0.6) is 5.75 Å². The summed E-state index contributed by atoms with van der Waals surface area (Å²) in [6, 6.07) is 17.8. The van der Waals surface area contributed by atoms with Gasteiger partial charge < -0.3 is 10.1 Å². The fraction of sp³-hybridized carbons (Fsp3) is 0.259. The molecule has 1 aliphatic heterocycles. The van der Waals surface area contributed by atoms with E-state index in [1.54, 1.807) is 12.2 Å². The molecule has 6 nitrogen and oxygen atoms in total. The Bertz CT molecular complexity index is 1050. The summed E-state index contributed by atoms with van der Waals surface area (Å²) in [6.45, 7) is 15.6. The molecule has 0 radical (unpaired) electrons. The van der Waals surface area contributed by atoms with E-state index in [9.17, 15) is 10.1 Å². The summed E-state index contributed by atoms with van der Waals surface area (Å²) in [5.41, 5.74) is 4.62. The Morgan fingerprint density at radius 2 is 1.73 bits per heavy atom. The van der Waals surface area contributed by atoms with Gasteiger partial charge in [-0.1, -0.05) is 61.7 Å². The number of rotatable bonds is 7. The third-order valence-electron chi connectivity index (χ3n) is 5.63. The Labute approximate surface area is 195 Å². The number of ether oxygens (including phenoxy) is 1. The third-order valence-corrected chi connectivity index (χ3v) is 5.63. The van der Waals surface area contributed by atoms with Gasteiger partial charge in [0.15, 0.2) is 0 Å². The van der Waals surface area contributed by atoms with Gasteiger partial charge in [0.25, 0.3) is 0 Å². The largest absolute Gasteiger partial charge is 0.492 e. The van der Waals surface area contributed by atoms with Gasteiger partial charge in [-0.05, 0) is 40.0 Å². The summed E-state index contributed by atoms with van der Waals surface area (Å²) in [6.07, 6.45) is 3.27. The highest BCUT2D eigenvalue weighted by Gasteiger charge is 2.22. The molecule has 6 heteroatoms. The van der Waals surface area contributed by atoms with Gasteiger partial charge in [0, 0.05) is 45.7 Å². The number of allylic oxidation sites excluding steroid dienone is 6. The van der Waals surface area contributed by atoms with Gasteiger partial charge in [-0.25, -0.2) is 0 Å². The van der Waals surface area contributed by atoms with E-state index >= 15 is 0 Å². The third kappa shape index (κ3) is 6.51. The van der Waals surface area contributed by atoms with Crippen molar-refractivity contribution in [2.45, 2.75) is 6.92 Å². The predicted molar refractivity (Wildman–Crippen MR) is 135 cm³/mol. The van der Waals surface area contributed by atoms with E-state index in [0.29, 0.717) is 0 Å². The second-order valence-electron chi connectivity index (χ2n) is 7.85. The maximum Gasteiger partial charge on any atom is 0.243 e. The van der Waals surface area contributed by atoms with E-state index < -0.39 is 4.92 Å². The number of hydrogen-bond donors (Lipinski definition) is 1. The number of nitrogens with one attached hydrogen (secondary N) is 1. The standard InChI is InChI=1S/C15H13NO2.C12H18N2O/c1-4-12-14-8-6-5-7-13(14)11(3)15(12)9-10(2)16(17)18;1-2-4-12(5-3-1)15-11-10-14-8-6-13-7-9-14/h4-9H,1,3H2,2H3;1-5,13H,6-11H2/b10-9+;. The van der Waals surface area contributed by atoms with Crippen LogP contribution in [-0.2, 0) is 0 Å². The van der Waals surface area contributed by atoms with Crippen molar-refractivity contribution in [2.75, 3.05) is 39.3 Å². The molecule has 0 bridgehead atoms. The Balaban J connectivity index is 0.000000189. The molecule has 0 aromatic heterocycles. The lowest BCUT2D eigenvalue weighted by Gasteiger charge is -2.26. The number of hydrogen-bond acceptors (Lipinski definition) is 5. The lowest BCUT2D eigenvalue weighted by atomic mass is 10.0. The Morgan fingerprint density at radius 3 is 2.36 bits per heavy atom. The summed E-state index contributed by atoms with van der Waals surface area (Å²) >= 11 is 0. The highest BCUT2D eigenvalue weighted by molar-refractivity contribution is 6.03. The smallest absolute Gasteiger partial charge is 0.243 e. The molecule has 1 N–H and O–H groups in total. The summed E-state index contributed by atoms with van der Waals surface area (Å²) in [5.74, 6) is 0.965. The molecule has 2 aromatic carbocycles. The summed E-state index contributed by atoms with van der Waals surface area (Å²) in [7, 11) is 0. The molecule has 2 aliphatic rings. The first-order valence-electron chi connectivity index (χ1n) is 11.1. The van der Waals surface area contributed by atoms with Gasteiger partial charge in [0.05, 0.1) is 4.92 Å². The summed E-state index contributed by atoms with van der Waals surface area (Å²) < 4.78 is 5.65. The maximum absolute atomic E-state index is 10.7. The zero-order valence-corrected chi connectivity index (χ0v) is 19.1. The maximum atomic E-state index is 10.7. The fourth-order valence-corrected chi connectivity index (χ4v) is 3.82. The van der Waals surface area contributed by atoms with E-state index in [-0.39, 0.29) is 5.70 Å². The molecule has 0 unspecified atom stereocenters. The van der Waals surface area contributed by atoms with Crippen LogP contribution in [0.2, 0.25) is 0 Å². The van der Waals surface area contributed by atoms with Crippen LogP contribution in [-0.4, -0.2) is 49.2 Å². The molecule has 0 saturated carbocycles. The number of para-hydroxylation sites is 1. The van der Waals surface area contributed by atoms with Crippen molar-refractivity contribution in [3.8, 4) is 5.75 Å². The van der Waals surface area contributed by atoms with Crippen molar-refractivity contribution >= 4 is 11.1 Å². The molecule has 1 fully saturated rings. The molecular weight excluding hydrogens is 414 g/mol. The first kappa shape index (κ1) is 24.2. The van der Waals surface area contributed by atoms with Crippen LogP contribution in [0.1, 0.15) is 18.1 Å². The number of piperazine rings is 1. The Morgan fingerprint density at radius 1 is 1.09 bits per heavy atom. The normalized spacial score (nSPS) is 16.0. The van der Waals surface area contributed by atoms with Crippen LogP contribution >= 0.6 is 0 Å². The lowest BCUT2D eigenvalue weighted by molar-refractivity contribution is -0.424. The molecule has 0 spiro atoms. The second kappa shape index (κ2) is 11.9. The summed E-state index contributed by atoms with van der Waals surface area (Å²) in [5, 5.41) is 14.1. The van der Waals surface area contributed by atoms with Gasteiger partial charge in [-0.2, -0.15) is 0 Å². The molecule has 33 heavy (non-hydrogen) atoms. The van der Waals surface area contributed by atoms with Gasteiger partial charge in [-0.3, -0.25) is 15.0 Å². The Kier molecular flexibility index (Phi) is 8.75. The highest BCUT2D eigenvalue weighted by Crippen LogP contribution is 2.41. The van der Waals surface area contributed by atoms with E-state index in [0.717, 1.165) is 72.9 Å². The zero-order chi connectivity index (χ0) is 23.6. The lowest BCUT2D eigenvalue weighted by Crippen LogP contribution is -2.44. The first-order chi connectivity index (χ1) is 16.0. The van der Waals surface area contributed by atoms with Crippen molar-refractivity contribution in [1.29, 1.82) is 0 Å². The van der Waals surface area contributed by atoms with Crippen molar-refractivity contribution in [3.63, 3.8) is 0 Å². The molecule has 1 heterocycles. The average molecular weight is 446 g/mol. The van der Waals surface area contributed by atoms with Crippen LogP contribution in [0.15, 0.2) is 91.2 Å². The predicted octanol–water partition coefficient (Wildman–Crippen LogP) is 4.80. The highest BCUT2D eigenvalue weighted by atomic mass is 16.6. The molecular formula is C27H31N3O3. The molecule has 2 aromatic rings. The molecule has 0 atom stereocenters. The summed E-state index contributed by atoms with van der Waals surface area (Å²) in [4.78, 5) is 12.8. The van der Waals surface area contributed by atoms with E-state index in [4.69, 9.17) is 4.74 Å².